The van der Waals surface area contributed by atoms with Gasteiger partial charge in [-0.1, -0.05) is 42.5 Å². The van der Waals surface area contributed by atoms with E-state index in [0.29, 0.717) is 0 Å². The summed E-state index contributed by atoms with van der Waals surface area (Å²) in [6, 6.07) is 15.2. The van der Waals surface area contributed by atoms with Crippen LogP contribution in [0.2, 0.25) is 0 Å². The van der Waals surface area contributed by atoms with E-state index >= 15 is 0 Å². The Morgan fingerprint density at radius 3 is 2.21 bits per heavy atom. The second kappa shape index (κ2) is 6.03. The van der Waals surface area contributed by atoms with Gasteiger partial charge in [-0.15, -0.1) is 0 Å². The summed E-state index contributed by atoms with van der Waals surface area (Å²) in [4.78, 5) is 0. The third kappa shape index (κ3) is 3.45. The van der Waals surface area contributed by atoms with E-state index < -0.39 is 0 Å². The van der Waals surface area contributed by atoms with Gasteiger partial charge in [0.1, 0.15) is 0 Å². The SMILES string of the molecule is Cc1cc(C)c(C(N)CCc2ccccc2)cc1C. The molecule has 0 aromatic heterocycles. The second-order valence-electron chi connectivity index (χ2n) is 5.42. The summed E-state index contributed by atoms with van der Waals surface area (Å²) in [5, 5.41) is 0. The molecular formula is C18H23N. The molecule has 1 unspecified atom stereocenters. The zero-order valence-electron chi connectivity index (χ0n) is 12.1. The van der Waals surface area contributed by atoms with E-state index in [-0.39, 0.29) is 6.04 Å². The number of nitrogens with two attached hydrogens (primary N) is 1. The summed E-state index contributed by atoms with van der Waals surface area (Å²) in [5.74, 6) is 0. The first-order chi connectivity index (χ1) is 9.08. The van der Waals surface area contributed by atoms with Crippen molar-refractivity contribution in [3.05, 3.63) is 70.3 Å². The maximum Gasteiger partial charge on any atom is 0.0300 e. The lowest BCUT2D eigenvalue weighted by Crippen LogP contribution is -2.13. The average Bonchev–Trinajstić information content (AvgIpc) is 2.41. The van der Waals surface area contributed by atoms with Crippen molar-refractivity contribution in [3.8, 4) is 0 Å². The highest BCUT2D eigenvalue weighted by molar-refractivity contribution is 5.38. The quantitative estimate of drug-likeness (QED) is 0.866. The van der Waals surface area contributed by atoms with E-state index in [1.165, 1.54) is 27.8 Å². The molecule has 1 atom stereocenters. The summed E-state index contributed by atoms with van der Waals surface area (Å²) in [5.41, 5.74) is 13.0. The lowest BCUT2D eigenvalue weighted by Gasteiger charge is -2.17. The largest absolute Gasteiger partial charge is 0.324 e. The maximum atomic E-state index is 6.36. The normalized spacial score (nSPS) is 12.4. The van der Waals surface area contributed by atoms with Gasteiger partial charge in [-0.3, -0.25) is 0 Å². The highest BCUT2D eigenvalue weighted by Gasteiger charge is 2.10. The standard InChI is InChI=1S/C18H23N/c1-13-11-15(3)17(12-14(13)2)18(19)10-9-16-7-5-4-6-8-16/h4-8,11-12,18H,9-10,19H2,1-3H3. The predicted molar refractivity (Wildman–Crippen MR) is 82.3 cm³/mol. The van der Waals surface area contributed by atoms with Gasteiger partial charge in [0.15, 0.2) is 0 Å². The van der Waals surface area contributed by atoms with E-state index in [9.17, 15) is 0 Å². The molecule has 0 saturated carbocycles. The van der Waals surface area contributed by atoms with Gasteiger partial charge in [0.25, 0.3) is 0 Å². The second-order valence-corrected chi connectivity index (χ2v) is 5.42. The highest BCUT2D eigenvalue weighted by Crippen LogP contribution is 2.23. The molecule has 0 aliphatic carbocycles. The Balaban J connectivity index is 2.08. The van der Waals surface area contributed by atoms with Crippen LogP contribution < -0.4 is 5.73 Å². The fraction of sp³-hybridized carbons (Fsp3) is 0.333. The van der Waals surface area contributed by atoms with Crippen LogP contribution in [0.25, 0.3) is 0 Å². The number of hydrogen-bond donors (Lipinski definition) is 1. The molecule has 2 aromatic rings. The lowest BCUT2D eigenvalue weighted by molar-refractivity contribution is 0.647. The smallest absolute Gasteiger partial charge is 0.0300 e. The van der Waals surface area contributed by atoms with Crippen molar-refractivity contribution in [2.24, 2.45) is 5.73 Å². The number of hydrogen-bond acceptors (Lipinski definition) is 1. The zero-order chi connectivity index (χ0) is 13.8. The Bertz CT molecular complexity index is 543. The topological polar surface area (TPSA) is 26.0 Å². The summed E-state index contributed by atoms with van der Waals surface area (Å²) in [6.07, 6.45) is 2.03. The van der Waals surface area contributed by atoms with Gasteiger partial charge in [0.05, 0.1) is 0 Å². The van der Waals surface area contributed by atoms with Gasteiger partial charge in [0, 0.05) is 6.04 Å². The van der Waals surface area contributed by atoms with Crippen LogP contribution in [0.1, 0.15) is 40.3 Å². The number of rotatable bonds is 4. The van der Waals surface area contributed by atoms with E-state index in [1.807, 2.05) is 0 Å². The van der Waals surface area contributed by atoms with Gasteiger partial charge >= 0.3 is 0 Å². The first kappa shape index (κ1) is 13.8. The van der Waals surface area contributed by atoms with Gasteiger partial charge < -0.3 is 5.73 Å². The summed E-state index contributed by atoms with van der Waals surface area (Å²) in [7, 11) is 0. The minimum Gasteiger partial charge on any atom is -0.324 e. The molecule has 2 rings (SSSR count). The summed E-state index contributed by atoms with van der Waals surface area (Å²) < 4.78 is 0. The minimum absolute atomic E-state index is 0.125. The van der Waals surface area contributed by atoms with Crippen molar-refractivity contribution >= 4 is 0 Å². The van der Waals surface area contributed by atoms with Crippen molar-refractivity contribution in [1.82, 2.24) is 0 Å². The summed E-state index contributed by atoms with van der Waals surface area (Å²) in [6.45, 7) is 6.47. The van der Waals surface area contributed by atoms with Crippen LogP contribution in [0.15, 0.2) is 42.5 Å². The molecule has 0 spiro atoms. The zero-order valence-corrected chi connectivity index (χ0v) is 12.1. The van der Waals surface area contributed by atoms with E-state index in [0.717, 1.165) is 12.8 Å². The molecule has 0 heterocycles. The third-order valence-electron chi connectivity index (χ3n) is 3.87. The molecular weight excluding hydrogens is 230 g/mol. The van der Waals surface area contributed by atoms with Crippen molar-refractivity contribution in [2.75, 3.05) is 0 Å². The van der Waals surface area contributed by atoms with Crippen molar-refractivity contribution < 1.29 is 0 Å². The fourth-order valence-corrected chi connectivity index (χ4v) is 2.50. The molecule has 2 aromatic carbocycles. The molecule has 0 saturated heterocycles. The Morgan fingerprint density at radius 2 is 1.53 bits per heavy atom. The van der Waals surface area contributed by atoms with Crippen LogP contribution in [-0.2, 0) is 6.42 Å². The van der Waals surface area contributed by atoms with Crippen molar-refractivity contribution in [2.45, 2.75) is 39.7 Å². The van der Waals surface area contributed by atoms with Crippen LogP contribution in [0.3, 0.4) is 0 Å². The van der Waals surface area contributed by atoms with Crippen LogP contribution in [0, 0.1) is 20.8 Å². The lowest BCUT2D eigenvalue weighted by atomic mass is 9.93. The molecule has 0 aliphatic heterocycles. The Hall–Kier alpha value is -1.60. The molecule has 0 fully saturated rings. The van der Waals surface area contributed by atoms with E-state index in [4.69, 9.17) is 5.73 Å². The molecule has 0 aliphatic rings. The van der Waals surface area contributed by atoms with Gasteiger partial charge in [-0.05, 0) is 61.4 Å². The van der Waals surface area contributed by atoms with Crippen LogP contribution in [0.4, 0.5) is 0 Å². The van der Waals surface area contributed by atoms with Crippen molar-refractivity contribution in [3.63, 3.8) is 0 Å². The molecule has 0 bridgehead atoms. The molecule has 1 nitrogen and oxygen atoms in total. The average molecular weight is 253 g/mol. The van der Waals surface area contributed by atoms with Gasteiger partial charge in [-0.25, -0.2) is 0 Å². The highest BCUT2D eigenvalue weighted by atomic mass is 14.6. The van der Waals surface area contributed by atoms with Crippen LogP contribution >= 0.6 is 0 Å². The van der Waals surface area contributed by atoms with Crippen LogP contribution in [0.5, 0.6) is 0 Å². The monoisotopic (exact) mass is 253 g/mol. The number of benzene rings is 2. The maximum absolute atomic E-state index is 6.36. The molecule has 2 N–H and O–H groups in total. The van der Waals surface area contributed by atoms with Crippen molar-refractivity contribution in [1.29, 1.82) is 0 Å². The molecule has 0 amide bonds. The first-order valence-corrected chi connectivity index (χ1v) is 6.95. The first-order valence-electron chi connectivity index (χ1n) is 6.95. The third-order valence-corrected chi connectivity index (χ3v) is 3.87. The van der Waals surface area contributed by atoms with Gasteiger partial charge in [-0.2, -0.15) is 0 Å². The number of aryl methyl sites for hydroxylation is 4. The molecule has 0 radical (unpaired) electrons. The summed E-state index contributed by atoms with van der Waals surface area (Å²) >= 11 is 0. The Labute approximate surface area is 116 Å². The predicted octanol–water partition coefficient (Wildman–Crippen LogP) is 4.24. The van der Waals surface area contributed by atoms with E-state index in [2.05, 4.69) is 63.2 Å². The van der Waals surface area contributed by atoms with E-state index in [1.54, 1.807) is 0 Å². The molecule has 1 heteroatoms. The Morgan fingerprint density at radius 1 is 0.895 bits per heavy atom. The van der Waals surface area contributed by atoms with Gasteiger partial charge in [0.2, 0.25) is 0 Å². The fourth-order valence-electron chi connectivity index (χ4n) is 2.50. The molecule has 100 valence electrons. The Kier molecular flexibility index (Phi) is 4.39. The molecule has 19 heavy (non-hydrogen) atoms. The van der Waals surface area contributed by atoms with Crippen LogP contribution in [-0.4, -0.2) is 0 Å². The minimum atomic E-state index is 0.125.